The normalized spacial score (nSPS) is 17.1. The molecule has 2 aromatic rings. The summed E-state index contributed by atoms with van der Waals surface area (Å²) in [6.45, 7) is 4.54. The van der Waals surface area contributed by atoms with Crippen LogP contribution >= 0.6 is 0 Å². The number of nitrogens with one attached hydrogen (secondary N) is 2. The summed E-state index contributed by atoms with van der Waals surface area (Å²) in [5.74, 6) is 1.47. The van der Waals surface area contributed by atoms with Gasteiger partial charge in [0.2, 0.25) is 0 Å². The van der Waals surface area contributed by atoms with Crippen LogP contribution in [-0.2, 0) is 0 Å². The monoisotopic (exact) mass is 343 g/mol. The van der Waals surface area contributed by atoms with Gasteiger partial charge in [-0.3, -0.25) is 0 Å². The fourth-order valence-corrected chi connectivity index (χ4v) is 3.64. The van der Waals surface area contributed by atoms with Crippen molar-refractivity contribution < 1.29 is 4.39 Å². The van der Waals surface area contributed by atoms with Gasteiger partial charge in [0, 0.05) is 17.8 Å². The Morgan fingerprint density at radius 1 is 1.12 bits per heavy atom. The van der Waals surface area contributed by atoms with Crippen molar-refractivity contribution in [3.63, 3.8) is 0 Å². The number of H-pyrrole nitrogens is 1. The third-order valence-electron chi connectivity index (χ3n) is 5.14. The summed E-state index contributed by atoms with van der Waals surface area (Å²) in [6, 6.07) is 7.41. The average molecular weight is 343 g/mol. The Balaban J connectivity index is 1.73. The molecule has 3 nitrogen and oxygen atoms in total. The number of nitrogens with zero attached hydrogens (tertiary/aromatic N) is 1. The number of rotatable bonds is 7. The Morgan fingerprint density at radius 2 is 1.84 bits per heavy atom. The van der Waals surface area contributed by atoms with Crippen molar-refractivity contribution in [1.29, 1.82) is 0 Å². The Bertz CT molecular complexity index is 641. The number of aromatic nitrogens is 2. The lowest BCUT2D eigenvalue weighted by atomic mass is 9.93. The molecule has 0 spiro atoms. The third-order valence-corrected chi connectivity index (χ3v) is 5.14. The predicted molar refractivity (Wildman–Crippen MR) is 101 cm³/mol. The maximum absolute atomic E-state index is 13.1. The highest BCUT2D eigenvalue weighted by molar-refractivity contribution is 5.58. The molecule has 0 amide bonds. The second-order valence-electron chi connectivity index (χ2n) is 7.70. The van der Waals surface area contributed by atoms with Crippen molar-refractivity contribution in [2.45, 2.75) is 70.9 Å². The number of hydrogen-bond donors (Lipinski definition) is 2. The molecule has 0 radical (unpaired) electrons. The molecule has 1 aliphatic rings. The van der Waals surface area contributed by atoms with E-state index in [1.165, 1.54) is 50.7 Å². The summed E-state index contributed by atoms with van der Waals surface area (Å²) in [6.07, 6.45) is 10.8. The molecular weight excluding hydrogens is 313 g/mol. The van der Waals surface area contributed by atoms with Gasteiger partial charge in [0.15, 0.2) is 0 Å². The molecule has 1 fully saturated rings. The van der Waals surface area contributed by atoms with Gasteiger partial charge in [-0.05, 0) is 55.9 Å². The maximum Gasteiger partial charge on any atom is 0.124 e. The highest BCUT2D eigenvalue weighted by Crippen LogP contribution is 2.26. The highest BCUT2D eigenvalue weighted by Gasteiger charge is 2.21. The minimum atomic E-state index is -0.215. The van der Waals surface area contributed by atoms with E-state index in [4.69, 9.17) is 4.98 Å². The molecule has 136 valence electrons. The summed E-state index contributed by atoms with van der Waals surface area (Å²) >= 11 is 0. The van der Waals surface area contributed by atoms with Crippen LogP contribution in [0.5, 0.6) is 0 Å². The molecule has 1 atom stereocenters. The smallest absolute Gasteiger partial charge is 0.124 e. The van der Waals surface area contributed by atoms with Crippen LogP contribution in [0.2, 0.25) is 0 Å². The lowest BCUT2D eigenvalue weighted by molar-refractivity contribution is 0.314. The summed E-state index contributed by atoms with van der Waals surface area (Å²) in [5, 5.41) is 3.85. The van der Waals surface area contributed by atoms with Crippen LogP contribution in [0, 0.1) is 11.7 Å². The van der Waals surface area contributed by atoms with Crippen molar-refractivity contribution in [1.82, 2.24) is 15.3 Å². The van der Waals surface area contributed by atoms with Crippen molar-refractivity contribution in [3.8, 4) is 11.3 Å². The fraction of sp³-hybridized carbons (Fsp3) is 0.571. The number of aromatic amines is 1. The standard InChI is InChI=1S/C21H30FN3/c1-15(2)8-13-19(24-18-6-4-3-5-7-18)21-23-14-20(25-21)16-9-11-17(22)12-10-16/h9-12,14-15,18-19,24H,3-8,13H2,1-2H3,(H,23,25). The van der Waals surface area contributed by atoms with E-state index in [2.05, 4.69) is 24.1 Å². The van der Waals surface area contributed by atoms with Crippen LogP contribution in [0.15, 0.2) is 30.5 Å². The lowest BCUT2D eigenvalue weighted by Gasteiger charge is -2.28. The molecule has 0 bridgehead atoms. The summed E-state index contributed by atoms with van der Waals surface area (Å²) < 4.78 is 13.1. The molecule has 0 aliphatic heterocycles. The fourth-order valence-electron chi connectivity index (χ4n) is 3.64. The van der Waals surface area contributed by atoms with Crippen LogP contribution in [0.3, 0.4) is 0 Å². The first-order valence-electron chi connectivity index (χ1n) is 9.69. The van der Waals surface area contributed by atoms with Gasteiger partial charge in [-0.25, -0.2) is 9.37 Å². The zero-order valence-corrected chi connectivity index (χ0v) is 15.4. The molecule has 1 heterocycles. The van der Waals surface area contributed by atoms with E-state index in [0.29, 0.717) is 12.0 Å². The van der Waals surface area contributed by atoms with E-state index >= 15 is 0 Å². The Kier molecular flexibility index (Phi) is 6.24. The SMILES string of the molecule is CC(C)CCC(NC1CCCCC1)c1nc(-c2ccc(F)cc2)c[nH]1. The van der Waals surface area contributed by atoms with Gasteiger partial charge in [-0.1, -0.05) is 33.1 Å². The number of benzene rings is 1. The van der Waals surface area contributed by atoms with Crippen LogP contribution < -0.4 is 5.32 Å². The van der Waals surface area contributed by atoms with E-state index in [1.807, 2.05) is 6.20 Å². The topological polar surface area (TPSA) is 40.7 Å². The molecule has 1 saturated carbocycles. The largest absolute Gasteiger partial charge is 0.347 e. The number of imidazole rings is 1. The second-order valence-corrected chi connectivity index (χ2v) is 7.70. The van der Waals surface area contributed by atoms with Crippen molar-refractivity contribution >= 4 is 0 Å². The molecule has 2 N–H and O–H groups in total. The van der Waals surface area contributed by atoms with E-state index in [0.717, 1.165) is 23.5 Å². The molecule has 25 heavy (non-hydrogen) atoms. The molecular formula is C21H30FN3. The van der Waals surface area contributed by atoms with Gasteiger partial charge >= 0.3 is 0 Å². The van der Waals surface area contributed by atoms with Gasteiger partial charge in [-0.2, -0.15) is 0 Å². The first-order chi connectivity index (χ1) is 12.1. The first-order valence-corrected chi connectivity index (χ1v) is 9.69. The zero-order chi connectivity index (χ0) is 17.6. The van der Waals surface area contributed by atoms with E-state index in [1.54, 1.807) is 12.1 Å². The lowest BCUT2D eigenvalue weighted by Crippen LogP contribution is -2.35. The minimum Gasteiger partial charge on any atom is -0.347 e. The molecule has 3 rings (SSSR count). The molecule has 1 unspecified atom stereocenters. The third kappa shape index (κ3) is 5.15. The molecule has 1 aromatic heterocycles. The van der Waals surface area contributed by atoms with Gasteiger partial charge in [0.05, 0.1) is 11.7 Å². The minimum absolute atomic E-state index is 0.215. The van der Waals surface area contributed by atoms with Crippen LogP contribution in [0.1, 0.15) is 70.7 Å². The molecule has 0 saturated heterocycles. The van der Waals surface area contributed by atoms with Gasteiger partial charge in [0.25, 0.3) is 0 Å². The van der Waals surface area contributed by atoms with Crippen LogP contribution in [0.25, 0.3) is 11.3 Å². The first kappa shape index (κ1) is 18.1. The Morgan fingerprint density at radius 3 is 2.52 bits per heavy atom. The Hall–Kier alpha value is -1.68. The van der Waals surface area contributed by atoms with Gasteiger partial charge in [0.1, 0.15) is 11.6 Å². The molecule has 1 aliphatic carbocycles. The van der Waals surface area contributed by atoms with Crippen molar-refractivity contribution in [3.05, 3.63) is 42.1 Å². The second kappa shape index (κ2) is 8.61. The summed E-state index contributed by atoms with van der Waals surface area (Å²) in [5.41, 5.74) is 1.83. The highest BCUT2D eigenvalue weighted by atomic mass is 19.1. The van der Waals surface area contributed by atoms with Crippen LogP contribution in [0.4, 0.5) is 4.39 Å². The van der Waals surface area contributed by atoms with E-state index in [9.17, 15) is 4.39 Å². The quantitative estimate of drug-likeness (QED) is 0.685. The maximum atomic E-state index is 13.1. The van der Waals surface area contributed by atoms with Crippen molar-refractivity contribution in [2.75, 3.05) is 0 Å². The molecule has 4 heteroatoms. The zero-order valence-electron chi connectivity index (χ0n) is 15.4. The number of hydrogen-bond acceptors (Lipinski definition) is 2. The average Bonchev–Trinajstić information content (AvgIpc) is 3.10. The van der Waals surface area contributed by atoms with Crippen molar-refractivity contribution in [2.24, 2.45) is 5.92 Å². The summed E-state index contributed by atoms with van der Waals surface area (Å²) in [7, 11) is 0. The Labute approximate surface area is 150 Å². The molecule has 1 aromatic carbocycles. The number of halogens is 1. The summed E-state index contributed by atoms with van der Waals surface area (Å²) in [4.78, 5) is 8.18. The van der Waals surface area contributed by atoms with Gasteiger partial charge < -0.3 is 10.3 Å². The van der Waals surface area contributed by atoms with E-state index < -0.39 is 0 Å². The van der Waals surface area contributed by atoms with E-state index in [-0.39, 0.29) is 11.9 Å². The van der Waals surface area contributed by atoms with Gasteiger partial charge in [-0.15, -0.1) is 0 Å². The predicted octanol–water partition coefficient (Wildman–Crippen LogP) is 5.62. The van der Waals surface area contributed by atoms with Crippen LogP contribution in [-0.4, -0.2) is 16.0 Å².